The first kappa shape index (κ1) is 20.7. The molecule has 0 atom stereocenters. The third-order valence-electron chi connectivity index (χ3n) is 4.91. The summed E-state index contributed by atoms with van der Waals surface area (Å²) in [6, 6.07) is 17.4. The van der Waals surface area contributed by atoms with Crippen molar-refractivity contribution in [1.29, 1.82) is 0 Å². The fourth-order valence-electron chi connectivity index (χ4n) is 3.40. The number of carbonyl (C=O) groups is 2. The number of hydrogen-bond acceptors (Lipinski definition) is 6. The molecule has 1 N–H and O–H groups in total. The lowest BCUT2D eigenvalue weighted by molar-refractivity contribution is -0.384. The molecule has 8 nitrogen and oxygen atoms in total. The van der Waals surface area contributed by atoms with Gasteiger partial charge in [0.1, 0.15) is 17.3 Å². The number of non-ortho nitro benzene ring substituents is 1. The Bertz CT molecular complexity index is 1270. The van der Waals surface area contributed by atoms with Crippen molar-refractivity contribution in [3.05, 3.63) is 100.0 Å². The zero-order valence-corrected chi connectivity index (χ0v) is 16.7. The van der Waals surface area contributed by atoms with Crippen LogP contribution in [0, 0.1) is 15.9 Å². The zero-order valence-electron chi connectivity index (χ0n) is 16.7. The first-order valence-electron chi connectivity index (χ1n) is 9.45. The maximum atomic E-state index is 14.5. The molecule has 1 aliphatic heterocycles. The average molecular weight is 433 g/mol. The van der Waals surface area contributed by atoms with E-state index >= 15 is 0 Å². The summed E-state index contributed by atoms with van der Waals surface area (Å²) in [5, 5.41) is 13.9. The molecule has 0 aliphatic carbocycles. The van der Waals surface area contributed by atoms with Crippen LogP contribution < -0.4 is 15.0 Å². The number of ether oxygens (including phenoxy) is 1. The monoisotopic (exact) mass is 433 g/mol. The minimum absolute atomic E-state index is 0.0425. The standard InChI is InChI=1S/C23H16FN3O5/c1-32-19-9-5-3-7-17(19)25-21-20(14-10-12-15(13-11-14)27(30)31)22(28)26(23(21)29)18-8-4-2-6-16(18)24/h2-13,25H,1H3. The molecule has 160 valence electrons. The lowest BCUT2D eigenvalue weighted by Gasteiger charge is -2.16. The van der Waals surface area contributed by atoms with E-state index in [2.05, 4.69) is 5.32 Å². The third kappa shape index (κ3) is 3.56. The number of methoxy groups -OCH3 is 1. The number of nitro groups is 1. The van der Waals surface area contributed by atoms with Crippen LogP contribution in [-0.2, 0) is 9.59 Å². The van der Waals surface area contributed by atoms with Gasteiger partial charge in [0, 0.05) is 12.1 Å². The predicted molar refractivity (Wildman–Crippen MR) is 116 cm³/mol. The van der Waals surface area contributed by atoms with Crippen LogP contribution in [-0.4, -0.2) is 23.8 Å². The number of imide groups is 1. The minimum atomic E-state index is -0.764. The molecule has 4 rings (SSSR count). The predicted octanol–water partition coefficient (Wildman–Crippen LogP) is 4.14. The summed E-state index contributed by atoms with van der Waals surface area (Å²) in [5.41, 5.74) is 0.178. The van der Waals surface area contributed by atoms with Gasteiger partial charge in [0.2, 0.25) is 0 Å². The van der Waals surface area contributed by atoms with Crippen LogP contribution in [0.15, 0.2) is 78.5 Å². The fraction of sp³-hybridized carbons (Fsp3) is 0.0435. The molecule has 0 saturated carbocycles. The van der Waals surface area contributed by atoms with Crippen molar-refractivity contribution < 1.29 is 23.6 Å². The van der Waals surface area contributed by atoms with Crippen LogP contribution in [0.1, 0.15) is 5.56 Å². The molecule has 1 aliphatic rings. The van der Waals surface area contributed by atoms with Crippen molar-refractivity contribution in [1.82, 2.24) is 0 Å². The minimum Gasteiger partial charge on any atom is -0.495 e. The summed E-state index contributed by atoms with van der Waals surface area (Å²) in [6.07, 6.45) is 0. The van der Waals surface area contributed by atoms with E-state index in [-0.39, 0.29) is 28.2 Å². The highest BCUT2D eigenvalue weighted by molar-refractivity contribution is 6.46. The van der Waals surface area contributed by atoms with E-state index in [1.54, 1.807) is 24.3 Å². The Morgan fingerprint density at radius 1 is 0.938 bits per heavy atom. The maximum Gasteiger partial charge on any atom is 0.282 e. The SMILES string of the molecule is COc1ccccc1NC1=C(c2ccc([N+](=O)[O-])cc2)C(=O)N(c2ccccc2F)C1=O. The highest BCUT2D eigenvalue weighted by Gasteiger charge is 2.41. The second-order valence-corrected chi connectivity index (χ2v) is 6.78. The zero-order chi connectivity index (χ0) is 22.8. The molecule has 3 aromatic carbocycles. The van der Waals surface area contributed by atoms with E-state index in [1.165, 1.54) is 49.6 Å². The Hall–Kier alpha value is -4.53. The third-order valence-corrected chi connectivity index (χ3v) is 4.91. The molecular formula is C23H16FN3O5. The summed E-state index contributed by atoms with van der Waals surface area (Å²) < 4.78 is 19.8. The van der Waals surface area contributed by atoms with E-state index in [9.17, 15) is 24.1 Å². The molecule has 32 heavy (non-hydrogen) atoms. The number of nitro benzene ring substituents is 1. The number of rotatable bonds is 6. The molecule has 0 spiro atoms. The van der Waals surface area contributed by atoms with Gasteiger partial charge in [-0.1, -0.05) is 24.3 Å². The van der Waals surface area contributed by atoms with E-state index in [4.69, 9.17) is 4.74 Å². The van der Waals surface area contributed by atoms with Crippen LogP contribution in [0.25, 0.3) is 5.57 Å². The number of amides is 2. The quantitative estimate of drug-likeness (QED) is 0.356. The Balaban J connectivity index is 1.86. The number of halogens is 1. The molecule has 0 unspecified atom stereocenters. The maximum absolute atomic E-state index is 14.5. The highest BCUT2D eigenvalue weighted by Crippen LogP contribution is 2.36. The van der Waals surface area contributed by atoms with Crippen molar-refractivity contribution in [2.45, 2.75) is 0 Å². The van der Waals surface area contributed by atoms with Crippen LogP contribution in [0.5, 0.6) is 5.75 Å². The Labute approximate surface area is 181 Å². The number of para-hydroxylation sites is 3. The lowest BCUT2D eigenvalue weighted by atomic mass is 10.0. The van der Waals surface area contributed by atoms with Gasteiger partial charge in [0.15, 0.2) is 0 Å². The number of nitrogens with one attached hydrogen (secondary N) is 1. The number of anilines is 2. The van der Waals surface area contributed by atoms with E-state index in [1.807, 2.05) is 0 Å². The Morgan fingerprint density at radius 3 is 2.25 bits per heavy atom. The first-order valence-corrected chi connectivity index (χ1v) is 9.45. The molecular weight excluding hydrogens is 417 g/mol. The second kappa shape index (κ2) is 8.31. The smallest absolute Gasteiger partial charge is 0.282 e. The van der Waals surface area contributed by atoms with Gasteiger partial charge in [-0.2, -0.15) is 0 Å². The van der Waals surface area contributed by atoms with Gasteiger partial charge in [0.25, 0.3) is 17.5 Å². The van der Waals surface area contributed by atoms with Crippen LogP contribution in [0.4, 0.5) is 21.5 Å². The number of nitrogens with zero attached hydrogens (tertiary/aromatic N) is 2. The Kier molecular flexibility index (Phi) is 5.38. The number of benzene rings is 3. The highest BCUT2D eigenvalue weighted by atomic mass is 19.1. The van der Waals surface area contributed by atoms with Crippen LogP contribution in [0.3, 0.4) is 0 Å². The molecule has 3 aromatic rings. The number of carbonyl (C=O) groups excluding carboxylic acids is 2. The topological polar surface area (TPSA) is 102 Å². The van der Waals surface area contributed by atoms with Gasteiger partial charge in [0.05, 0.1) is 29.0 Å². The van der Waals surface area contributed by atoms with Gasteiger partial charge in [-0.3, -0.25) is 19.7 Å². The van der Waals surface area contributed by atoms with Gasteiger partial charge in [-0.25, -0.2) is 9.29 Å². The van der Waals surface area contributed by atoms with Crippen LogP contribution in [0.2, 0.25) is 0 Å². The van der Waals surface area contributed by atoms with E-state index < -0.39 is 22.6 Å². The van der Waals surface area contributed by atoms with Crippen molar-refractivity contribution in [2.24, 2.45) is 0 Å². The summed E-state index contributed by atoms with van der Waals surface area (Å²) in [4.78, 5) is 37.8. The van der Waals surface area contributed by atoms with Gasteiger partial charge >= 0.3 is 0 Å². The van der Waals surface area contributed by atoms with Gasteiger partial charge in [-0.05, 0) is 42.0 Å². The van der Waals surface area contributed by atoms with Crippen molar-refractivity contribution >= 4 is 34.4 Å². The van der Waals surface area contributed by atoms with Crippen molar-refractivity contribution in [2.75, 3.05) is 17.3 Å². The van der Waals surface area contributed by atoms with Gasteiger partial charge < -0.3 is 10.1 Å². The molecule has 1 heterocycles. The van der Waals surface area contributed by atoms with Crippen molar-refractivity contribution in [3.63, 3.8) is 0 Å². The molecule has 0 aromatic heterocycles. The summed E-state index contributed by atoms with van der Waals surface area (Å²) in [6.45, 7) is 0. The molecule has 2 amide bonds. The fourth-order valence-corrected chi connectivity index (χ4v) is 3.40. The lowest BCUT2D eigenvalue weighted by Crippen LogP contribution is -2.33. The summed E-state index contributed by atoms with van der Waals surface area (Å²) in [5.74, 6) is -1.84. The molecule has 0 fully saturated rings. The van der Waals surface area contributed by atoms with Crippen LogP contribution >= 0.6 is 0 Å². The molecule has 0 saturated heterocycles. The van der Waals surface area contributed by atoms with Gasteiger partial charge in [-0.15, -0.1) is 0 Å². The normalized spacial score (nSPS) is 13.5. The summed E-state index contributed by atoms with van der Waals surface area (Å²) >= 11 is 0. The molecule has 0 radical (unpaired) electrons. The largest absolute Gasteiger partial charge is 0.495 e. The summed E-state index contributed by atoms with van der Waals surface area (Å²) in [7, 11) is 1.46. The van der Waals surface area contributed by atoms with E-state index in [0.29, 0.717) is 11.4 Å². The number of hydrogen-bond donors (Lipinski definition) is 1. The second-order valence-electron chi connectivity index (χ2n) is 6.78. The molecule has 9 heteroatoms. The average Bonchev–Trinajstić information content (AvgIpc) is 3.04. The first-order chi connectivity index (χ1) is 15.4. The van der Waals surface area contributed by atoms with Crippen molar-refractivity contribution in [3.8, 4) is 5.75 Å². The molecule has 0 bridgehead atoms. The Morgan fingerprint density at radius 2 is 1.59 bits per heavy atom. The van der Waals surface area contributed by atoms with E-state index in [0.717, 1.165) is 11.0 Å².